The summed E-state index contributed by atoms with van der Waals surface area (Å²) >= 11 is 0. The van der Waals surface area contributed by atoms with Gasteiger partial charge in [0.15, 0.2) is 0 Å². The van der Waals surface area contributed by atoms with E-state index in [1.807, 2.05) is 0 Å². The average molecular weight is 807 g/mol. The van der Waals surface area contributed by atoms with Crippen LogP contribution in [0.1, 0.15) is 321 Å². The fraction of sp³-hybridized carbons (Fsp3) is 0.879. The first kappa shape index (κ1) is 55.2. The van der Waals surface area contributed by atoms with Crippen LogP contribution in [0.5, 0.6) is 0 Å². The molecule has 0 aliphatic heterocycles. The van der Waals surface area contributed by atoms with Gasteiger partial charge in [0.2, 0.25) is 0 Å². The molecule has 0 saturated carbocycles. The highest BCUT2D eigenvalue weighted by Gasteiger charge is 2.05. The zero-order valence-electron chi connectivity index (χ0n) is 40.7. The lowest BCUT2D eigenvalue weighted by atomic mass is 9.94. The highest BCUT2D eigenvalue weighted by atomic mass is 14.1. The molecule has 1 atom stereocenters. The Labute approximate surface area is 368 Å². The Hall–Kier alpha value is -0.780. The van der Waals surface area contributed by atoms with Crippen LogP contribution in [0.15, 0.2) is 24.3 Å². The third-order valence-electron chi connectivity index (χ3n) is 13.6. The summed E-state index contributed by atoms with van der Waals surface area (Å²) in [6.45, 7) is 7.07. The van der Waals surface area contributed by atoms with Gasteiger partial charge in [0.1, 0.15) is 0 Å². The standard InChI is InChI=1S/C58H109/c1-4-6-8-10-12-14-16-18-20-22-24-26-27-29-31-33-35-37-39-41-43-45-47-50-57-51-48-52-58(55-57)54-53-56(3)49-46-44-42-40-38-36-34-32-30-28-25-23-21-19-17-15-13-11-9-7-5-2/h48,51-53,55-56H,4-47,49-50,54H2,1-3H3. The van der Waals surface area contributed by atoms with E-state index in [0.29, 0.717) is 0 Å². The largest absolute Gasteiger partial charge is 0.0654 e. The molecule has 0 saturated heterocycles. The first-order valence-electron chi connectivity index (χ1n) is 27.7. The monoisotopic (exact) mass is 806 g/mol. The maximum Gasteiger partial charge on any atom is -0.0245 e. The van der Waals surface area contributed by atoms with E-state index in [4.69, 9.17) is 0 Å². The molecule has 0 N–H and O–H groups in total. The van der Waals surface area contributed by atoms with Gasteiger partial charge >= 0.3 is 0 Å². The lowest BCUT2D eigenvalue weighted by molar-refractivity contribution is 0.504. The highest BCUT2D eigenvalue weighted by Crippen LogP contribution is 2.20. The zero-order chi connectivity index (χ0) is 41.5. The number of aryl methyl sites for hydroxylation is 1. The summed E-state index contributed by atoms with van der Waals surface area (Å²) in [5, 5.41) is 0. The van der Waals surface area contributed by atoms with Gasteiger partial charge in [-0.15, -0.1) is 0 Å². The van der Waals surface area contributed by atoms with Crippen molar-refractivity contribution in [1.29, 1.82) is 0 Å². The van der Waals surface area contributed by atoms with Gasteiger partial charge in [-0.3, -0.25) is 0 Å². The molecular weight excluding hydrogens is 697 g/mol. The van der Waals surface area contributed by atoms with Crippen LogP contribution >= 0.6 is 0 Å². The predicted molar refractivity (Wildman–Crippen MR) is 266 cm³/mol. The molecule has 0 fully saturated rings. The van der Waals surface area contributed by atoms with Crippen LogP contribution in [0.3, 0.4) is 0 Å². The fourth-order valence-corrected chi connectivity index (χ4v) is 9.38. The van der Waals surface area contributed by atoms with E-state index in [1.54, 1.807) is 5.56 Å². The second-order valence-electron chi connectivity index (χ2n) is 19.6. The van der Waals surface area contributed by atoms with Crippen molar-refractivity contribution in [2.45, 2.75) is 323 Å². The van der Waals surface area contributed by atoms with Crippen molar-refractivity contribution in [2.75, 3.05) is 0 Å². The Morgan fingerprint density at radius 2 is 0.586 bits per heavy atom. The molecule has 0 aliphatic rings. The summed E-state index contributed by atoms with van der Waals surface area (Å²) in [7, 11) is 0. The number of hydrogen-bond acceptors (Lipinski definition) is 0. The van der Waals surface area contributed by atoms with E-state index < -0.39 is 0 Å². The molecule has 0 spiro atoms. The number of unbranched alkanes of at least 4 members (excludes halogenated alkanes) is 42. The Morgan fingerprint density at radius 3 is 0.897 bits per heavy atom. The van der Waals surface area contributed by atoms with Gasteiger partial charge in [0, 0.05) is 0 Å². The molecule has 0 bridgehead atoms. The molecule has 1 aromatic carbocycles. The molecule has 341 valence electrons. The molecule has 0 aromatic heterocycles. The number of hydrogen-bond donors (Lipinski definition) is 0. The average Bonchev–Trinajstić information content (AvgIpc) is 3.24. The quantitative estimate of drug-likeness (QED) is 0.0576. The number of benzene rings is 1. The first-order chi connectivity index (χ1) is 28.8. The maximum absolute atomic E-state index is 2.59. The van der Waals surface area contributed by atoms with Crippen LogP contribution in [0, 0.1) is 12.3 Å². The Balaban J connectivity index is 1.81. The van der Waals surface area contributed by atoms with Gasteiger partial charge in [0.05, 0.1) is 0 Å². The SMILES string of the molecule is CCCCCCCCCCCCCCCCCCCCCCCCCc1cccc(C[CH]C(C)CCCCCCCCCCCCCCCCCCCCCCC)c1. The van der Waals surface area contributed by atoms with Gasteiger partial charge < -0.3 is 0 Å². The third kappa shape index (κ3) is 41.9. The van der Waals surface area contributed by atoms with E-state index in [2.05, 4.69) is 51.5 Å². The van der Waals surface area contributed by atoms with E-state index in [9.17, 15) is 0 Å². The summed E-state index contributed by atoms with van der Waals surface area (Å²) in [5.41, 5.74) is 3.09. The van der Waals surface area contributed by atoms with Gasteiger partial charge in [-0.05, 0) is 42.7 Å². The Bertz CT molecular complexity index is 884. The van der Waals surface area contributed by atoms with Crippen molar-refractivity contribution in [2.24, 2.45) is 5.92 Å². The van der Waals surface area contributed by atoms with Crippen molar-refractivity contribution < 1.29 is 0 Å². The number of rotatable bonds is 49. The second kappa shape index (κ2) is 47.3. The van der Waals surface area contributed by atoms with Crippen molar-refractivity contribution in [3.8, 4) is 0 Å². The van der Waals surface area contributed by atoms with Crippen LogP contribution in [0.4, 0.5) is 0 Å². The molecule has 1 rings (SSSR count). The molecule has 1 radical (unpaired) electrons. The molecule has 0 heterocycles. The summed E-state index contributed by atoms with van der Waals surface area (Å²) in [6.07, 6.45) is 70.7. The van der Waals surface area contributed by atoms with Crippen LogP contribution in [-0.2, 0) is 12.8 Å². The molecule has 0 heteroatoms. The fourth-order valence-electron chi connectivity index (χ4n) is 9.38. The maximum atomic E-state index is 2.59. The van der Waals surface area contributed by atoms with Crippen LogP contribution in [0.2, 0.25) is 0 Å². The highest BCUT2D eigenvalue weighted by molar-refractivity contribution is 5.24. The minimum atomic E-state index is 0.744. The van der Waals surface area contributed by atoms with Gasteiger partial charge in [-0.25, -0.2) is 0 Å². The van der Waals surface area contributed by atoms with Gasteiger partial charge in [-0.2, -0.15) is 0 Å². The lowest BCUT2D eigenvalue weighted by Gasteiger charge is -2.12. The molecule has 1 unspecified atom stereocenters. The normalized spacial score (nSPS) is 12.2. The molecule has 1 aromatic rings. The first-order valence-corrected chi connectivity index (χ1v) is 27.7. The van der Waals surface area contributed by atoms with E-state index >= 15 is 0 Å². The third-order valence-corrected chi connectivity index (χ3v) is 13.6. The molecule has 0 nitrogen and oxygen atoms in total. The minimum Gasteiger partial charge on any atom is -0.0654 e. The van der Waals surface area contributed by atoms with Crippen molar-refractivity contribution >= 4 is 0 Å². The molecule has 0 aliphatic carbocycles. The summed E-state index contributed by atoms with van der Waals surface area (Å²) < 4.78 is 0. The Morgan fingerprint density at radius 1 is 0.328 bits per heavy atom. The van der Waals surface area contributed by atoms with Gasteiger partial charge in [-0.1, -0.05) is 328 Å². The lowest BCUT2D eigenvalue weighted by Crippen LogP contribution is -1.99. The van der Waals surface area contributed by atoms with E-state index in [1.165, 1.54) is 301 Å². The van der Waals surface area contributed by atoms with E-state index in [-0.39, 0.29) is 0 Å². The molecular formula is C58H109. The van der Waals surface area contributed by atoms with Crippen LogP contribution < -0.4 is 0 Å². The summed E-state index contributed by atoms with van der Waals surface area (Å²) in [6, 6.07) is 9.52. The van der Waals surface area contributed by atoms with Crippen molar-refractivity contribution in [3.63, 3.8) is 0 Å². The van der Waals surface area contributed by atoms with Crippen LogP contribution in [0.25, 0.3) is 0 Å². The molecule has 0 amide bonds. The van der Waals surface area contributed by atoms with Crippen LogP contribution in [-0.4, -0.2) is 0 Å². The smallest absolute Gasteiger partial charge is 0.0245 e. The topological polar surface area (TPSA) is 0 Å². The molecule has 58 heavy (non-hydrogen) atoms. The minimum absolute atomic E-state index is 0.744. The summed E-state index contributed by atoms with van der Waals surface area (Å²) in [4.78, 5) is 0. The summed E-state index contributed by atoms with van der Waals surface area (Å²) in [5.74, 6) is 0.744. The Kier molecular flexibility index (Phi) is 45.0. The van der Waals surface area contributed by atoms with Crippen molar-refractivity contribution in [1.82, 2.24) is 0 Å². The predicted octanol–water partition coefficient (Wildman–Crippen LogP) is 21.2. The second-order valence-corrected chi connectivity index (χ2v) is 19.6. The van der Waals surface area contributed by atoms with Gasteiger partial charge in [0.25, 0.3) is 0 Å². The zero-order valence-corrected chi connectivity index (χ0v) is 40.7. The van der Waals surface area contributed by atoms with Crippen molar-refractivity contribution in [3.05, 3.63) is 41.8 Å². The van der Waals surface area contributed by atoms with E-state index in [0.717, 1.165) is 12.3 Å².